The number of carbonyl (C=O) groups is 1. The second-order valence-corrected chi connectivity index (χ2v) is 3.78. The fourth-order valence-electron chi connectivity index (χ4n) is 1.66. The van der Waals surface area contributed by atoms with E-state index in [0.29, 0.717) is 19.7 Å². The Balaban J connectivity index is 1.72. The number of hydrogen-bond acceptors (Lipinski definition) is 3. The topological polar surface area (TPSA) is 62.3 Å². The van der Waals surface area contributed by atoms with E-state index >= 15 is 0 Å². The normalized spacial score (nSPS) is 31.6. The molecule has 1 amide bonds. The maximum atomic E-state index is 10.7. The number of ether oxygens (including phenoxy) is 2. The summed E-state index contributed by atoms with van der Waals surface area (Å²) >= 11 is 0. The largest absolute Gasteiger partial charge is 0.465 e. The van der Waals surface area contributed by atoms with Gasteiger partial charge in [0.2, 0.25) is 0 Å². The molecule has 2 saturated heterocycles. The van der Waals surface area contributed by atoms with Crippen LogP contribution in [0.25, 0.3) is 0 Å². The summed E-state index contributed by atoms with van der Waals surface area (Å²) in [7, 11) is 0. The fraction of sp³-hybridized carbons (Fsp3) is 0.889. The molecule has 0 bridgehead atoms. The number of nitrogens with zero attached hydrogens (tertiary/aromatic N) is 1. The summed E-state index contributed by atoms with van der Waals surface area (Å²) in [5.74, 6) is 0. The van der Waals surface area contributed by atoms with Crippen LogP contribution in [0.15, 0.2) is 0 Å². The van der Waals surface area contributed by atoms with Crippen molar-refractivity contribution in [3.63, 3.8) is 0 Å². The highest BCUT2D eigenvalue weighted by Gasteiger charge is 2.27. The molecule has 2 aliphatic rings. The van der Waals surface area contributed by atoms with Crippen LogP contribution in [0, 0.1) is 0 Å². The molecule has 0 aromatic heterocycles. The summed E-state index contributed by atoms with van der Waals surface area (Å²) in [6.45, 7) is 2.53. The van der Waals surface area contributed by atoms with Gasteiger partial charge in [-0.25, -0.2) is 4.79 Å². The van der Waals surface area contributed by atoms with E-state index in [1.54, 1.807) is 0 Å². The van der Waals surface area contributed by atoms with Crippen LogP contribution in [0.5, 0.6) is 0 Å². The van der Waals surface area contributed by atoms with E-state index in [-0.39, 0.29) is 12.2 Å². The van der Waals surface area contributed by atoms with Crippen LogP contribution in [-0.2, 0) is 9.47 Å². The lowest BCUT2D eigenvalue weighted by molar-refractivity contribution is -0.00280. The van der Waals surface area contributed by atoms with E-state index in [4.69, 9.17) is 14.6 Å². The summed E-state index contributed by atoms with van der Waals surface area (Å²) in [5.41, 5.74) is 0. The molecule has 80 valence electrons. The van der Waals surface area contributed by atoms with Crippen molar-refractivity contribution in [1.29, 1.82) is 0 Å². The standard InChI is InChI=1S/C9H15NO4/c11-9(12)10-3-1-2-7(4-10)13-5-8-6-14-8/h7-8H,1-6H2,(H,11,12)/t7?,8-/m0/s1. The Kier molecular flexibility index (Phi) is 2.88. The first-order chi connectivity index (χ1) is 6.75. The number of epoxide rings is 1. The van der Waals surface area contributed by atoms with Crippen LogP contribution in [0.3, 0.4) is 0 Å². The van der Waals surface area contributed by atoms with Gasteiger partial charge >= 0.3 is 6.09 Å². The summed E-state index contributed by atoms with van der Waals surface area (Å²) in [5, 5.41) is 8.79. The lowest BCUT2D eigenvalue weighted by Gasteiger charge is -2.30. The van der Waals surface area contributed by atoms with Gasteiger partial charge in [-0.3, -0.25) is 0 Å². The monoisotopic (exact) mass is 201 g/mol. The van der Waals surface area contributed by atoms with Crippen LogP contribution >= 0.6 is 0 Å². The van der Waals surface area contributed by atoms with Gasteiger partial charge in [-0.1, -0.05) is 0 Å². The van der Waals surface area contributed by atoms with Crippen LogP contribution in [0.1, 0.15) is 12.8 Å². The Hall–Kier alpha value is -0.810. The van der Waals surface area contributed by atoms with Gasteiger partial charge in [0.05, 0.1) is 25.9 Å². The van der Waals surface area contributed by atoms with E-state index in [1.807, 2.05) is 0 Å². The molecule has 0 aromatic carbocycles. The molecule has 14 heavy (non-hydrogen) atoms. The third-order valence-electron chi connectivity index (χ3n) is 2.57. The van der Waals surface area contributed by atoms with Gasteiger partial charge in [0.25, 0.3) is 0 Å². The summed E-state index contributed by atoms with van der Waals surface area (Å²) < 4.78 is 10.6. The molecule has 2 atom stereocenters. The van der Waals surface area contributed by atoms with Crippen molar-refractivity contribution >= 4 is 6.09 Å². The fourth-order valence-corrected chi connectivity index (χ4v) is 1.66. The first-order valence-corrected chi connectivity index (χ1v) is 4.97. The molecule has 2 heterocycles. The molecule has 0 saturated carbocycles. The third kappa shape index (κ3) is 2.59. The third-order valence-corrected chi connectivity index (χ3v) is 2.57. The molecule has 0 radical (unpaired) electrons. The molecule has 2 aliphatic heterocycles. The molecule has 1 N–H and O–H groups in total. The van der Waals surface area contributed by atoms with Crippen molar-refractivity contribution in [1.82, 2.24) is 4.90 Å². The van der Waals surface area contributed by atoms with Crippen LogP contribution in [0.2, 0.25) is 0 Å². The molecule has 2 fully saturated rings. The van der Waals surface area contributed by atoms with Crippen molar-refractivity contribution in [3.05, 3.63) is 0 Å². The Labute approximate surface area is 82.6 Å². The predicted molar refractivity (Wildman–Crippen MR) is 48.3 cm³/mol. The Bertz CT molecular complexity index is 217. The van der Waals surface area contributed by atoms with Crippen LogP contribution in [-0.4, -0.2) is 54.6 Å². The molecule has 0 spiro atoms. The van der Waals surface area contributed by atoms with Crippen molar-refractivity contribution in [2.45, 2.75) is 25.0 Å². The van der Waals surface area contributed by atoms with E-state index in [0.717, 1.165) is 19.4 Å². The Morgan fingerprint density at radius 1 is 1.64 bits per heavy atom. The molecule has 0 aromatic rings. The highest BCUT2D eigenvalue weighted by atomic mass is 16.6. The minimum atomic E-state index is -0.846. The number of piperidine rings is 1. The van der Waals surface area contributed by atoms with Crippen molar-refractivity contribution in [2.75, 3.05) is 26.3 Å². The minimum Gasteiger partial charge on any atom is -0.465 e. The van der Waals surface area contributed by atoms with Crippen molar-refractivity contribution < 1.29 is 19.4 Å². The first kappa shape index (κ1) is 9.73. The van der Waals surface area contributed by atoms with Gasteiger partial charge in [-0.15, -0.1) is 0 Å². The average molecular weight is 201 g/mol. The maximum Gasteiger partial charge on any atom is 0.407 e. The molecular weight excluding hydrogens is 186 g/mol. The van der Waals surface area contributed by atoms with Crippen molar-refractivity contribution in [3.8, 4) is 0 Å². The number of amides is 1. The van der Waals surface area contributed by atoms with Gasteiger partial charge in [0, 0.05) is 6.54 Å². The molecular formula is C9H15NO4. The summed E-state index contributed by atoms with van der Waals surface area (Å²) in [4.78, 5) is 12.1. The Morgan fingerprint density at radius 3 is 3.07 bits per heavy atom. The SMILES string of the molecule is O=C(O)N1CCCC(OC[C@H]2CO2)C1. The number of likely N-dealkylation sites (tertiary alicyclic amines) is 1. The lowest BCUT2D eigenvalue weighted by Crippen LogP contribution is -2.42. The quantitative estimate of drug-likeness (QED) is 0.677. The van der Waals surface area contributed by atoms with Crippen LogP contribution in [0.4, 0.5) is 4.79 Å². The van der Waals surface area contributed by atoms with E-state index < -0.39 is 6.09 Å². The first-order valence-electron chi connectivity index (χ1n) is 4.97. The molecule has 2 rings (SSSR count). The molecule has 0 aliphatic carbocycles. The zero-order chi connectivity index (χ0) is 9.97. The second-order valence-electron chi connectivity index (χ2n) is 3.78. The van der Waals surface area contributed by atoms with Gasteiger partial charge in [0.1, 0.15) is 6.10 Å². The second kappa shape index (κ2) is 4.14. The smallest absolute Gasteiger partial charge is 0.407 e. The highest BCUT2D eigenvalue weighted by Crippen LogP contribution is 2.16. The van der Waals surface area contributed by atoms with Gasteiger partial charge in [0.15, 0.2) is 0 Å². The van der Waals surface area contributed by atoms with E-state index in [1.165, 1.54) is 4.90 Å². The molecule has 5 nitrogen and oxygen atoms in total. The van der Waals surface area contributed by atoms with Gasteiger partial charge < -0.3 is 19.5 Å². The number of hydrogen-bond donors (Lipinski definition) is 1. The Morgan fingerprint density at radius 2 is 2.43 bits per heavy atom. The predicted octanol–water partition coefficient (Wildman–Crippen LogP) is 0.544. The summed E-state index contributed by atoms with van der Waals surface area (Å²) in [6, 6.07) is 0. The zero-order valence-corrected chi connectivity index (χ0v) is 8.02. The van der Waals surface area contributed by atoms with Crippen molar-refractivity contribution in [2.24, 2.45) is 0 Å². The van der Waals surface area contributed by atoms with Gasteiger partial charge in [-0.2, -0.15) is 0 Å². The number of carboxylic acid groups (broad SMARTS) is 1. The summed E-state index contributed by atoms with van der Waals surface area (Å²) in [6.07, 6.45) is 1.32. The van der Waals surface area contributed by atoms with E-state index in [9.17, 15) is 4.79 Å². The minimum absolute atomic E-state index is 0.0593. The maximum absolute atomic E-state index is 10.7. The average Bonchev–Trinajstić information content (AvgIpc) is 2.99. The number of rotatable bonds is 3. The van der Waals surface area contributed by atoms with Gasteiger partial charge in [-0.05, 0) is 12.8 Å². The van der Waals surface area contributed by atoms with E-state index in [2.05, 4.69) is 0 Å². The molecule has 1 unspecified atom stereocenters. The lowest BCUT2D eigenvalue weighted by atomic mass is 10.1. The van der Waals surface area contributed by atoms with Crippen LogP contribution < -0.4 is 0 Å². The highest BCUT2D eigenvalue weighted by molar-refractivity contribution is 5.65. The zero-order valence-electron chi connectivity index (χ0n) is 8.02. The molecule has 5 heteroatoms.